The van der Waals surface area contributed by atoms with E-state index in [-0.39, 0.29) is 17.9 Å². The SMILES string of the molecule is Cc1ccc(N2CCC(NC(=O)C3COc4ccccc4C3)CC2)nc1. The summed E-state index contributed by atoms with van der Waals surface area (Å²) in [4.78, 5) is 19.4. The highest BCUT2D eigenvalue weighted by molar-refractivity contribution is 5.80. The average molecular weight is 351 g/mol. The quantitative estimate of drug-likeness (QED) is 0.924. The van der Waals surface area contributed by atoms with Crippen LogP contribution < -0.4 is 15.0 Å². The molecule has 1 unspecified atom stereocenters. The third kappa shape index (κ3) is 3.66. The molecule has 2 aliphatic heterocycles. The van der Waals surface area contributed by atoms with Gasteiger partial charge in [0.1, 0.15) is 18.2 Å². The first-order chi connectivity index (χ1) is 12.7. The van der Waals surface area contributed by atoms with Gasteiger partial charge in [-0.05, 0) is 49.4 Å². The summed E-state index contributed by atoms with van der Waals surface area (Å²) >= 11 is 0. The first-order valence-corrected chi connectivity index (χ1v) is 9.38. The van der Waals surface area contributed by atoms with Gasteiger partial charge in [0.2, 0.25) is 5.91 Å². The topological polar surface area (TPSA) is 54.5 Å². The van der Waals surface area contributed by atoms with Gasteiger partial charge in [-0.15, -0.1) is 0 Å². The highest BCUT2D eigenvalue weighted by atomic mass is 16.5. The molecule has 1 aromatic heterocycles. The van der Waals surface area contributed by atoms with Crippen LogP contribution in [-0.4, -0.2) is 36.6 Å². The second kappa shape index (κ2) is 7.36. The normalized spacial score (nSPS) is 20.2. The molecule has 3 heterocycles. The lowest BCUT2D eigenvalue weighted by molar-refractivity contribution is -0.127. The van der Waals surface area contributed by atoms with Gasteiger partial charge in [0.15, 0.2) is 0 Å². The molecular formula is C21H25N3O2. The number of para-hydroxylation sites is 1. The number of nitrogens with one attached hydrogen (secondary N) is 1. The molecule has 26 heavy (non-hydrogen) atoms. The lowest BCUT2D eigenvalue weighted by Crippen LogP contribution is -2.48. The standard InChI is InChI=1S/C21H25N3O2/c1-15-6-7-20(22-13-15)24-10-8-18(9-11-24)23-21(25)17-12-16-4-2-3-5-19(16)26-14-17/h2-7,13,17-18H,8-12,14H2,1H3,(H,23,25). The van der Waals surface area contributed by atoms with Crippen LogP contribution in [0.25, 0.3) is 0 Å². The Hall–Kier alpha value is -2.56. The predicted octanol–water partition coefficient (Wildman–Crippen LogP) is 2.73. The Bertz CT molecular complexity index is 767. The Morgan fingerprint density at radius 3 is 2.77 bits per heavy atom. The molecule has 1 amide bonds. The minimum absolute atomic E-state index is 0.0957. The van der Waals surface area contributed by atoms with Crippen molar-refractivity contribution in [3.8, 4) is 5.75 Å². The van der Waals surface area contributed by atoms with E-state index < -0.39 is 0 Å². The fourth-order valence-electron chi connectivity index (χ4n) is 3.72. The fourth-order valence-corrected chi connectivity index (χ4v) is 3.72. The van der Waals surface area contributed by atoms with Crippen molar-refractivity contribution in [3.05, 3.63) is 53.7 Å². The van der Waals surface area contributed by atoms with E-state index in [1.807, 2.05) is 37.4 Å². The second-order valence-electron chi connectivity index (χ2n) is 7.28. The van der Waals surface area contributed by atoms with Crippen LogP contribution in [0.3, 0.4) is 0 Å². The number of amides is 1. The van der Waals surface area contributed by atoms with Gasteiger partial charge in [-0.25, -0.2) is 4.98 Å². The molecule has 4 rings (SSSR count). The number of aryl methyl sites for hydroxylation is 1. The Balaban J connectivity index is 1.29. The van der Waals surface area contributed by atoms with Gasteiger partial charge in [-0.3, -0.25) is 4.79 Å². The minimum atomic E-state index is -0.0957. The first kappa shape index (κ1) is 16.9. The van der Waals surface area contributed by atoms with Crippen LogP contribution in [0.2, 0.25) is 0 Å². The van der Waals surface area contributed by atoms with Gasteiger partial charge < -0.3 is 15.0 Å². The van der Waals surface area contributed by atoms with Crippen molar-refractivity contribution in [2.24, 2.45) is 5.92 Å². The fraction of sp³-hybridized carbons (Fsp3) is 0.429. The number of hydrogen-bond donors (Lipinski definition) is 1. The molecule has 2 aromatic rings. The molecule has 1 aromatic carbocycles. The number of ether oxygens (including phenoxy) is 1. The Morgan fingerprint density at radius 1 is 1.19 bits per heavy atom. The van der Waals surface area contributed by atoms with E-state index in [9.17, 15) is 4.79 Å². The van der Waals surface area contributed by atoms with E-state index in [4.69, 9.17) is 4.74 Å². The number of rotatable bonds is 3. The Labute approximate surface area is 154 Å². The maximum Gasteiger partial charge on any atom is 0.227 e. The zero-order valence-corrected chi connectivity index (χ0v) is 15.1. The second-order valence-corrected chi connectivity index (χ2v) is 7.28. The van der Waals surface area contributed by atoms with Crippen LogP contribution in [0.5, 0.6) is 5.75 Å². The largest absolute Gasteiger partial charge is 0.492 e. The van der Waals surface area contributed by atoms with Gasteiger partial charge in [0.25, 0.3) is 0 Å². The zero-order valence-electron chi connectivity index (χ0n) is 15.1. The molecule has 1 saturated heterocycles. The van der Waals surface area contributed by atoms with Crippen molar-refractivity contribution in [3.63, 3.8) is 0 Å². The number of anilines is 1. The minimum Gasteiger partial charge on any atom is -0.492 e. The third-order valence-corrected chi connectivity index (χ3v) is 5.31. The highest BCUT2D eigenvalue weighted by Crippen LogP contribution is 2.27. The summed E-state index contributed by atoms with van der Waals surface area (Å²) in [5.41, 5.74) is 2.30. The molecule has 1 atom stereocenters. The van der Waals surface area contributed by atoms with E-state index in [1.54, 1.807) is 0 Å². The van der Waals surface area contributed by atoms with Gasteiger partial charge in [-0.2, -0.15) is 0 Å². The first-order valence-electron chi connectivity index (χ1n) is 9.38. The molecule has 0 saturated carbocycles. The summed E-state index contributed by atoms with van der Waals surface area (Å²) in [6.07, 6.45) is 4.56. The van der Waals surface area contributed by atoms with E-state index >= 15 is 0 Å². The van der Waals surface area contributed by atoms with Crippen molar-refractivity contribution in [2.45, 2.75) is 32.2 Å². The molecule has 0 spiro atoms. The maximum atomic E-state index is 12.6. The molecule has 0 bridgehead atoms. The molecule has 0 radical (unpaired) electrons. The molecule has 2 aliphatic rings. The number of carbonyl (C=O) groups is 1. The van der Waals surface area contributed by atoms with E-state index in [0.29, 0.717) is 6.61 Å². The number of nitrogens with zero attached hydrogens (tertiary/aromatic N) is 2. The van der Waals surface area contributed by atoms with Crippen molar-refractivity contribution < 1.29 is 9.53 Å². The summed E-state index contributed by atoms with van der Waals surface area (Å²) in [5, 5.41) is 3.23. The van der Waals surface area contributed by atoms with Gasteiger partial charge >= 0.3 is 0 Å². The maximum absolute atomic E-state index is 12.6. The van der Waals surface area contributed by atoms with Crippen molar-refractivity contribution >= 4 is 11.7 Å². The lowest BCUT2D eigenvalue weighted by Gasteiger charge is -2.34. The van der Waals surface area contributed by atoms with E-state index in [2.05, 4.69) is 27.3 Å². The number of carbonyl (C=O) groups excluding carboxylic acids is 1. The van der Waals surface area contributed by atoms with Gasteiger partial charge in [0.05, 0.1) is 5.92 Å². The molecule has 1 fully saturated rings. The predicted molar refractivity (Wildman–Crippen MR) is 101 cm³/mol. The van der Waals surface area contributed by atoms with Crippen LogP contribution in [0.15, 0.2) is 42.6 Å². The monoisotopic (exact) mass is 351 g/mol. The summed E-state index contributed by atoms with van der Waals surface area (Å²) in [5.74, 6) is 1.96. The molecule has 5 heteroatoms. The van der Waals surface area contributed by atoms with E-state index in [0.717, 1.165) is 49.5 Å². The average Bonchev–Trinajstić information content (AvgIpc) is 2.69. The number of aromatic nitrogens is 1. The number of hydrogen-bond acceptors (Lipinski definition) is 4. The summed E-state index contributed by atoms with van der Waals surface area (Å²) in [6, 6.07) is 12.4. The van der Waals surface area contributed by atoms with Crippen molar-refractivity contribution in [1.29, 1.82) is 0 Å². The van der Waals surface area contributed by atoms with Crippen molar-refractivity contribution in [1.82, 2.24) is 10.3 Å². The molecule has 0 aliphatic carbocycles. The zero-order chi connectivity index (χ0) is 17.9. The van der Waals surface area contributed by atoms with E-state index in [1.165, 1.54) is 5.56 Å². The molecule has 1 N–H and O–H groups in total. The van der Waals surface area contributed by atoms with Gasteiger partial charge in [0, 0.05) is 25.3 Å². The van der Waals surface area contributed by atoms with Crippen LogP contribution in [-0.2, 0) is 11.2 Å². The Morgan fingerprint density at radius 2 is 2.00 bits per heavy atom. The number of fused-ring (bicyclic) bond motifs is 1. The number of benzene rings is 1. The molecule has 136 valence electrons. The third-order valence-electron chi connectivity index (χ3n) is 5.31. The summed E-state index contributed by atoms with van der Waals surface area (Å²) < 4.78 is 5.75. The summed E-state index contributed by atoms with van der Waals surface area (Å²) in [7, 11) is 0. The molecule has 5 nitrogen and oxygen atoms in total. The van der Waals surface area contributed by atoms with Crippen LogP contribution in [0, 0.1) is 12.8 Å². The lowest BCUT2D eigenvalue weighted by atomic mass is 9.95. The van der Waals surface area contributed by atoms with Gasteiger partial charge in [-0.1, -0.05) is 24.3 Å². The highest BCUT2D eigenvalue weighted by Gasteiger charge is 2.28. The number of piperidine rings is 1. The smallest absolute Gasteiger partial charge is 0.227 e. The summed E-state index contributed by atoms with van der Waals surface area (Å²) in [6.45, 7) is 4.36. The van der Waals surface area contributed by atoms with Crippen LogP contribution in [0.1, 0.15) is 24.0 Å². The molecular weight excluding hydrogens is 326 g/mol. The number of pyridine rings is 1. The van der Waals surface area contributed by atoms with Crippen molar-refractivity contribution in [2.75, 3.05) is 24.6 Å². The van der Waals surface area contributed by atoms with Crippen LogP contribution >= 0.6 is 0 Å². The Kier molecular flexibility index (Phi) is 4.78. The van der Waals surface area contributed by atoms with Crippen LogP contribution in [0.4, 0.5) is 5.82 Å².